The molecule has 0 aliphatic heterocycles. The quantitative estimate of drug-likeness (QED) is 0.322. The van der Waals surface area contributed by atoms with Gasteiger partial charge in [-0.05, 0) is 31.5 Å². The third kappa shape index (κ3) is 3.89. The lowest BCUT2D eigenvalue weighted by molar-refractivity contribution is -0.384. The number of nitro benzene ring substituents is 1. The molecular formula is C18H17ClN4O2S. The Bertz CT molecular complexity index is 944. The fourth-order valence-corrected chi connectivity index (χ4v) is 3.84. The summed E-state index contributed by atoms with van der Waals surface area (Å²) in [7, 11) is 0. The minimum absolute atomic E-state index is 0.00314. The van der Waals surface area contributed by atoms with Crippen LogP contribution in [0, 0.1) is 10.1 Å². The van der Waals surface area contributed by atoms with Gasteiger partial charge in [-0.2, -0.15) is 0 Å². The average molecular weight is 389 g/mol. The molecule has 0 aliphatic rings. The van der Waals surface area contributed by atoms with Crippen LogP contribution < -0.4 is 0 Å². The molecule has 0 amide bonds. The maximum atomic E-state index is 11.0. The first-order valence-corrected chi connectivity index (χ1v) is 9.35. The fourth-order valence-electron chi connectivity index (χ4n) is 2.62. The Morgan fingerprint density at radius 2 is 2.00 bits per heavy atom. The Morgan fingerprint density at radius 1 is 1.23 bits per heavy atom. The van der Waals surface area contributed by atoms with Gasteiger partial charge in [-0.25, -0.2) is 0 Å². The molecule has 3 rings (SSSR count). The summed E-state index contributed by atoms with van der Waals surface area (Å²) >= 11 is 7.61. The SMILES string of the molecule is CCn1c(SC(C)c2cccc([N+](=O)[O-])c2)nnc1-c1cccc(Cl)c1. The highest BCUT2D eigenvalue weighted by molar-refractivity contribution is 7.99. The standard InChI is InChI=1S/C18H17ClN4O2S/c1-3-22-17(14-7-4-8-15(19)10-14)20-21-18(22)26-12(2)13-6-5-9-16(11-13)23(24)25/h4-12H,3H2,1-2H3. The monoisotopic (exact) mass is 388 g/mol. The summed E-state index contributed by atoms with van der Waals surface area (Å²) < 4.78 is 2.02. The van der Waals surface area contributed by atoms with Crippen LogP contribution in [0.2, 0.25) is 5.02 Å². The number of thioether (sulfide) groups is 1. The zero-order valence-corrected chi connectivity index (χ0v) is 15.9. The van der Waals surface area contributed by atoms with Crippen LogP contribution in [0.1, 0.15) is 24.7 Å². The van der Waals surface area contributed by atoms with E-state index in [1.54, 1.807) is 12.1 Å². The molecule has 3 aromatic rings. The molecule has 1 atom stereocenters. The minimum atomic E-state index is -0.382. The second kappa shape index (κ2) is 7.88. The van der Waals surface area contributed by atoms with Crippen LogP contribution >= 0.6 is 23.4 Å². The average Bonchev–Trinajstić information content (AvgIpc) is 3.04. The van der Waals surface area contributed by atoms with Gasteiger partial charge >= 0.3 is 0 Å². The predicted molar refractivity (Wildman–Crippen MR) is 104 cm³/mol. The van der Waals surface area contributed by atoms with Crippen molar-refractivity contribution < 1.29 is 4.92 Å². The summed E-state index contributed by atoms with van der Waals surface area (Å²) in [6, 6.07) is 14.2. The summed E-state index contributed by atoms with van der Waals surface area (Å²) in [6.45, 7) is 4.73. The number of hydrogen-bond acceptors (Lipinski definition) is 5. The first kappa shape index (κ1) is 18.4. The van der Waals surface area contributed by atoms with Gasteiger partial charge in [0.1, 0.15) is 0 Å². The van der Waals surface area contributed by atoms with Crippen LogP contribution in [0.5, 0.6) is 0 Å². The van der Waals surface area contributed by atoms with E-state index in [0.29, 0.717) is 11.6 Å². The van der Waals surface area contributed by atoms with Gasteiger partial charge in [-0.1, -0.05) is 47.6 Å². The van der Waals surface area contributed by atoms with E-state index in [-0.39, 0.29) is 15.9 Å². The molecule has 0 N–H and O–H groups in total. The Balaban J connectivity index is 1.88. The summed E-state index contributed by atoms with van der Waals surface area (Å²) in [5, 5.41) is 21.0. The van der Waals surface area contributed by atoms with Gasteiger partial charge in [0.15, 0.2) is 11.0 Å². The predicted octanol–water partition coefficient (Wildman–Crippen LogP) is 5.38. The van der Waals surface area contributed by atoms with E-state index in [1.165, 1.54) is 17.8 Å². The van der Waals surface area contributed by atoms with Crippen molar-refractivity contribution in [3.8, 4) is 11.4 Å². The molecule has 0 saturated carbocycles. The molecule has 0 aliphatic carbocycles. The van der Waals surface area contributed by atoms with Crippen LogP contribution in [-0.2, 0) is 6.54 Å². The highest BCUT2D eigenvalue weighted by Crippen LogP contribution is 2.36. The summed E-state index contributed by atoms with van der Waals surface area (Å²) in [5.74, 6) is 0.753. The third-order valence-electron chi connectivity index (χ3n) is 3.95. The highest BCUT2D eigenvalue weighted by Gasteiger charge is 2.18. The van der Waals surface area contributed by atoms with Gasteiger partial charge in [0.2, 0.25) is 0 Å². The first-order valence-electron chi connectivity index (χ1n) is 8.09. The van der Waals surface area contributed by atoms with E-state index in [1.807, 2.05) is 48.7 Å². The van der Waals surface area contributed by atoms with E-state index in [9.17, 15) is 10.1 Å². The number of aromatic nitrogens is 3. The maximum Gasteiger partial charge on any atom is 0.269 e. The molecule has 0 bridgehead atoms. The molecule has 0 fully saturated rings. The van der Waals surface area contributed by atoms with E-state index in [0.717, 1.165) is 22.1 Å². The Kier molecular flexibility index (Phi) is 5.58. The van der Waals surface area contributed by atoms with Crippen LogP contribution in [0.4, 0.5) is 5.69 Å². The Labute approximate surface area is 160 Å². The van der Waals surface area contributed by atoms with Crippen LogP contribution in [0.25, 0.3) is 11.4 Å². The Morgan fingerprint density at radius 3 is 2.69 bits per heavy atom. The van der Waals surface area contributed by atoms with Crippen molar-refractivity contribution in [3.05, 3.63) is 69.2 Å². The van der Waals surface area contributed by atoms with E-state index in [2.05, 4.69) is 10.2 Å². The third-order valence-corrected chi connectivity index (χ3v) is 5.32. The topological polar surface area (TPSA) is 73.8 Å². The summed E-state index contributed by atoms with van der Waals surface area (Å²) in [4.78, 5) is 10.6. The van der Waals surface area contributed by atoms with Crippen molar-refractivity contribution in [1.82, 2.24) is 14.8 Å². The van der Waals surface area contributed by atoms with Crippen molar-refractivity contribution in [2.24, 2.45) is 0 Å². The van der Waals surface area contributed by atoms with Crippen LogP contribution in [0.15, 0.2) is 53.7 Å². The molecule has 134 valence electrons. The van der Waals surface area contributed by atoms with Gasteiger partial charge in [0.05, 0.1) is 4.92 Å². The fraction of sp³-hybridized carbons (Fsp3) is 0.222. The lowest BCUT2D eigenvalue weighted by Gasteiger charge is -2.12. The lowest BCUT2D eigenvalue weighted by Crippen LogP contribution is -2.01. The van der Waals surface area contributed by atoms with Crippen LogP contribution in [0.3, 0.4) is 0 Å². The van der Waals surface area contributed by atoms with Gasteiger partial charge < -0.3 is 4.57 Å². The van der Waals surface area contributed by atoms with Gasteiger partial charge in [-0.15, -0.1) is 10.2 Å². The molecule has 0 radical (unpaired) electrons. The summed E-state index contributed by atoms with van der Waals surface area (Å²) in [6.07, 6.45) is 0. The summed E-state index contributed by atoms with van der Waals surface area (Å²) in [5.41, 5.74) is 1.87. The van der Waals surface area contributed by atoms with Gasteiger partial charge in [-0.3, -0.25) is 10.1 Å². The minimum Gasteiger partial charge on any atom is -0.302 e. The van der Waals surface area contributed by atoms with Crippen molar-refractivity contribution in [1.29, 1.82) is 0 Å². The van der Waals surface area contributed by atoms with E-state index >= 15 is 0 Å². The second-order valence-corrected chi connectivity index (χ2v) is 7.42. The van der Waals surface area contributed by atoms with Crippen molar-refractivity contribution in [3.63, 3.8) is 0 Å². The number of hydrogen-bond donors (Lipinski definition) is 0. The van der Waals surface area contributed by atoms with Gasteiger partial charge in [0.25, 0.3) is 5.69 Å². The van der Waals surface area contributed by atoms with E-state index in [4.69, 9.17) is 11.6 Å². The zero-order valence-electron chi connectivity index (χ0n) is 14.3. The molecule has 0 spiro atoms. The molecule has 1 unspecified atom stereocenters. The Hall–Kier alpha value is -2.38. The van der Waals surface area contributed by atoms with Crippen molar-refractivity contribution >= 4 is 29.1 Å². The number of rotatable bonds is 6. The molecule has 8 heteroatoms. The number of nitrogens with zero attached hydrogens (tertiary/aromatic N) is 4. The second-order valence-electron chi connectivity index (χ2n) is 5.67. The molecule has 1 heterocycles. The van der Waals surface area contributed by atoms with Crippen molar-refractivity contribution in [2.45, 2.75) is 30.8 Å². The largest absolute Gasteiger partial charge is 0.302 e. The number of nitro groups is 1. The molecule has 1 aromatic heterocycles. The zero-order chi connectivity index (χ0) is 18.7. The maximum absolute atomic E-state index is 11.0. The molecule has 2 aromatic carbocycles. The number of non-ortho nitro benzene ring substituents is 1. The first-order chi connectivity index (χ1) is 12.5. The lowest BCUT2D eigenvalue weighted by atomic mass is 10.1. The molecule has 26 heavy (non-hydrogen) atoms. The molecule has 0 saturated heterocycles. The molecular weight excluding hydrogens is 372 g/mol. The smallest absolute Gasteiger partial charge is 0.269 e. The number of halogens is 1. The normalized spacial score (nSPS) is 12.1. The number of benzene rings is 2. The van der Waals surface area contributed by atoms with E-state index < -0.39 is 0 Å². The molecule has 6 nitrogen and oxygen atoms in total. The highest BCUT2D eigenvalue weighted by atomic mass is 35.5. The van der Waals surface area contributed by atoms with Crippen LogP contribution in [-0.4, -0.2) is 19.7 Å². The van der Waals surface area contributed by atoms with Crippen molar-refractivity contribution in [2.75, 3.05) is 0 Å². The van der Waals surface area contributed by atoms with Gasteiger partial charge in [0, 0.05) is 34.5 Å².